The molecule has 2 rings (SSSR count). The lowest BCUT2D eigenvalue weighted by atomic mass is 9.96. The van der Waals surface area contributed by atoms with Crippen LogP contribution in [0.1, 0.15) is 32.8 Å². The number of aliphatic hydroxyl groups excluding tert-OH is 1. The summed E-state index contributed by atoms with van der Waals surface area (Å²) < 4.78 is 0. The van der Waals surface area contributed by atoms with Crippen LogP contribution in [0.2, 0.25) is 0 Å². The normalized spacial score (nSPS) is 15.6. The second kappa shape index (κ2) is 12.1. The van der Waals surface area contributed by atoms with E-state index in [1.807, 2.05) is 31.2 Å². The first kappa shape index (κ1) is 26.8. The van der Waals surface area contributed by atoms with Crippen LogP contribution in [0.3, 0.4) is 0 Å². The van der Waals surface area contributed by atoms with Gasteiger partial charge in [-0.05, 0) is 30.9 Å². The van der Waals surface area contributed by atoms with Crippen molar-refractivity contribution in [2.75, 3.05) is 6.54 Å². The number of benzene rings is 1. The monoisotopic (exact) mass is 475 g/mol. The third-order valence-corrected chi connectivity index (χ3v) is 5.72. The fourth-order valence-electron chi connectivity index (χ4n) is 3.51. The average Bonchev–Trinajstić information content (AvgIpc) is 3.21. The number of fused-ring (bicyclic) bond motifs is 1. The van der Waals surface area contributed by atoms with E-state index in [1.165, 1.54) is 6.92 Å². The van der Waals surface area contributed by atoms with Gasteiger partial charge in [-0.2, -0.15) is 0 Å². The van der Waals surface area contributed by atoms with Crippen LogP contribution in [0, 0.1) is 5.92 Å². The first-order valence-electron chi connectivity index (χ1n) is 11.1. The highest BCUT2D eigenvalue weighted by Crippen LogP contribution is 2.19. The van der Waals surface area contributed by atoms with Crippen LogP contribution in [-0.2, 0) is 25.6 Å². The molecule has 5 atom stereocenters. The van der Waals surface area contributed by atoms with Crippen molar-refractivity contribution in [3.8, 4) is 0 Å². The van der Waals surface area contributed by atoms with E-state index in [9.17, 15) is 24.3 Å². The Kier molecular flexibility index (Phi) is 9.58. The van der Waals surface area contributed by atoms with Gasteiger partial charge in [-0.3, -0.25) is 19.2 Å². The minimum absolute atomic E-state index is 0.249. The van der Waals surface area contributed by atoms with E-state index >= 15 is 0 Å². The second-order valence-corrected chi connectivity index (χ2v) is 8.38. The van der Waals surface area contributed by atoms with Crippen molar-refractivity contribution in [2.45, 2.75) is 57.8 Å². The molecule has 0 saturated carbocycles. The topological polar surface area (TPSA) is 187 Å². The number of aromatic nitrogens is 1. The summed E-state index contributed by atoms with van der Waals surface area (Å²) in [5.41, 5.74) is 7.93. The number of carboxylic acids is 1. The number of nitrogens with one attached hydrogen (secondary N) is 4. The molecule has 34 heavy (non-hydrogen) atoms. The van der Waals surface area contributed by atoms with Crippen molar-refractivity contribution in [2.24, 2.45) is 11.7 Å². The number of H-pyrrole nitrogens is 1. The number of aliphatic hydroxyl groups is 1. The zero-order valence-corrected chi connectivity index (χ0v) is 19.5. The lowest BCUT2D eigenvalue weighted by Crippen LogP contribution is -2.60. The molecule has 0 saturated heterocycles. The van der Waals surface area contributed by atoms with Crippen molar-refractivity contribution in [3.63, 3.8) is 0 Å². The molecule has 3 amide bonds. The van der Waals surface area contributed by atoms with E-state index in [0.29, 0.717) is 6.42 Å². The molecule has 0 spiro atoms. The number of hydrogen-bond acceptors (Lipinski definition) is 6. The summed E-state index contributed by atoms with van der Waals surface area (Å²) >= 11 is 0. The number of carbonyl (C=O) groups is 4. The molecule has 11 nitrogen and oxygen atoms in total. The first-order valence-corrected chi connectivity index (χ1v) is 11.1. The lowest BCUT2D eigenvalue weighted by molar-refractivity contribution is -0.139. The van der Waals surface area contributed by atoms with Crippen molar-refractivity contribution in [3.05, 3.63) is 36.0 Å². The van der Waals surface area contributed by atoms with Gasteiger partial charge in [0.2, 0.25) is 17.7 Å². The molecule has 0 fully saturated rings. The summed E-state index contributed by atoms with van der Waals surface area (Å²) in [5.74, 6) is -3.64. The molecular weight excluding hydrogens is 442 g/mol. The van der Waals surface area contributed by atoms with Crippen molar-refractivity contribution in [1.29, 1.82) is 0 Å². The highest BCUT2D eigenvalue weighted by atomic mass is 16.4. The van der Waals surface area contributed by atoms with E-state index in [0.717, 1.165) is 16.5 Å². The number of para-hydroxylation sites is 1. The van der Waals surface area contributed by atoms with Gasteiger partial charge in [-0.15, -0.1) is 0 Å². The summed E-state index contributed by atoms with van der Waals surface area (Å²) in [6.45, 7) is 4.23. The molecule has 0 aliphatic carbocycles. The van der Waals surface area contributed by atoms with Gasteiger partial charge in [-0.25, -0.2) is 0 Å². The summed E-state index contributed by atoms with van der Waals surface area (Å²) in [6, 6.07) is 4.29. The third-order valence-electron chi connectivity index (χ3n) is 5.72. The van der Waals surface area contributed by atoms with E-state index < -0.39 is 54.5 Å². The van der Waals surface area contributed by atoms with Gasteiger partial charge >= 0.3 is 5.97 Å². The standard InChI is InChI=1S/C23H33N5O6/c1-4-12(2)19(23(34)28-20(13(3)29)22(33)26-11-18(30)31)27-21(32)16(24)9-14-10-25-17-8-6-5-7-15(14)17/h5-8,10,12-13,16,19-20,25,29H,4,9,11,24H2,1-3H3,(H,26,33)(H,27,32)(H,28,34)(H,30,31). The smallest absolute Gasteiger partial charge is 0.322 e. The molecule has 1 aromatic heterocycles. The maximum Gasteiger partial charge on any atom is 0.322 e. The van der Waals surface area contributed by atoms with Gasteiger partial charge < -0.3 is 36.9 Å². The summed E-state index contributed by atoms with van der Waals surface area (Å²) in [7, 11) is 0. The number of carbonyl (C=O) groups excluding carboxylic acids is 3. The van der Waals surface area contributed by atoms with Gasteiger partial charge in [0.1, 0.15) is 18.6 Å². The molecule has 1 heterocycles. The lowest BCUT2D eigenvalue weighted by Gasteiger charge is -2.28. The molecule has 2 aromatic rings. The minimum Gasteiger partial charge on any atom is -0.480 e. The quantitative estimate of drug-likeness (QED) is 0.218. The van der Waals surface area contributed by atoms with Gasteiger partial charge in [0.25, 0.3) is 0 Å². The molecule has 0 radical (unpaired) electrons. The summed E-state index contributed by atoms with van der Waals surface area (Å²) in [6.07, 6.45) is 1.29. The number of hydrogen-bond donors (Lipinski definition) is 7. The van der Waals surface area contributed by atoms with Crippen LogP contribution in [0.5, 0.6) is 0 Å². The van der Waals surface area contributed by atoms with Crippen LogP contribution in [-0.4, -0.2) is 69.7 Å². The third kappa shape index (κ3) is 7.03. The van der Waals surface area contributed by atoms with E-state index in [2.05, 4.69) is 20.9 Å². The van der Waals surface area contributed by atoms with Crippen LogP contribution in [0.4, 0.5) is 0 Å². The Hall–Kier alpha value is -3.44. The number of aromatic amines is 1. The molecule has 11 heteroatoms. The molecule has 8 N–H and O–H groups in total. The molecular formula is C23H33N5O6. The van der Waals surface area contributed by atoms with Crippen LogP contribution in [0.15, 0.2) is 30.5 Å². The largest absolute Gasteiger partial charge is 0.480 e. The fraction of sp³-hybridized carbons (Fsp3) is 0.478. The van der Waals surface area contributed by atoms with Gasteiger partial charge in [0.15, 0.2) is 0 Å². The van der Waals surface area contributed by atoms with Crippen molar-refractivity contribution >= 4 is 34.6 Å². The zero-order chi connectivity index (χ0) is 25.4. The van der Waals surface area contributed by atoms with Crippen LogP contribution in [0.25, 0.3) is 10.9 Å². The Balaban J connectivity index is 2.09. The summed E-state index contributed by atoms with van der Waals surface area (Å²) in [5, 5.41) is 26.8. The predicted molar refractivity (Wildman–Crippen MR) is 126 cm³/mol. The number of rotatable bonds is 12. The Bertz CT molecular complexity index is 1020. The predicted octanol–water partition coefficient (Wildman–Crippen LogP) is -0.365. The molecule has 186 valence electrons. The van der Waals surface area contributed by atoms with Crippen molar-refractivity contribution < 1.29 is 29.4 Å². The van der Waals surface area contributed by atoms with E-state index in [4.69, 9.17) is 10.8 Å². The Morgan fingerprint density at radius 1 is 1.03 bits per heavy atom. The van der Waals surface area contributed by atoms with E-state index in [1.54, 1.807) is 13.1 Å². The average molecular weight is 476 g/mol. The Morgan fingerprint density at radius 3 is 2.29 bits per heavy atom. The number of nitrogens with two attached hydrogens (primary N) is 1. The molecule has 0 bridgehead atoms. The summed E-state index contributed by atoms with van der Waals surface area (Å²) in [4.78, 5) is 51.9. The SMILES string of the molecule is CCC(C)C(NC(=O)C(N)Cc1c[nH]c2ccccc12)C(=O)NC(C(=O)NCC(=O)O)C(C)O. The number of amides is 3. The Labute approximate surface area is 197 Å². The van der Waals surface area contributed by atoms with E-state index in [-0.39, 0.29) is 12.3 Å². The Morgan fingerprint density at radius 2 is 1.68 bits per heavy atom. The van der Waals surface area contributed by atoms with Crippen molar-refractivity contribution in [1.82, 2.24) is 20.9 Å². The molecule has 5 unspecified atom stereocenters. The van der Waals surface area contributed by atoms with Crippen LogP contribution >= 0.6 is 0 Å². The maximum atomic E-state index is 13.0. The number of aliphatic carboxylic acids is 1. The zero-order valence-electron chi connectivity index (χ0n) is 19.5. The van der Waals surface area contributed by atoms with Crippen LogP contribution < -0.4 is 21.7 Å². The minimum atomic E-state index is -1.39. The number of carboxylic acid groups (broad SMARTS) is 1. The van der Waals surface area contributed by atoms with Gasteiger partial charge in [0.05, 0.1) is 12.1 Å². The second-order valence-electron chi connectivity index (χ2n) is 8.38. The maximum absolute atomic E-state index is 13.0. The highest BCUT2D eigenvalue weighted by molar-refractivity contribution is 5.94. The molecule has 1 aromatic carbocycles. The fourth-order valence-corrected chi connectivity index (χ4v) is 3.51. The molecule has 0 aliphatic rings. The first-order chi connectivity index (χ1) is 16.0. The van der Waals surface area contributed by atoms with Gasteiger partial charge in [-0.1, -0.05) is 38.5 Å². The highest BCUT2D eigenvalue weighted by Gasteiger charge is 2.33. The molecule has 0 aliphatic heterocycles. The van der Waals surface area contributed by atoms with Gasteiger partial charge in [0, 0.05) is 17.1 Å².